The average Bonchev–Trinajstić information content (AvgIpc) is 2.57. The number of carbonyl (C=O) groups excluding carboxylic acids is 3. The predicted octanol–water partition coefficient (Wildman–Crippen LogP) is 3.53. The van der Waals surface area contributed by atoms with Gasteiger partial charge in [-0.25, -0.2) is 4.79 Å². The summed E-state index contributed by atoms with van der Waals surface area (Å²) in [6, 6.07) is 6.36. The molecule has 0 bridgehead atoms. The number of carbonyl (C=O) groups is 3. The van der Waals surface area contributed by atoms with Gasteiger partial charge in [0.15, 0.2) is 11.8 Å². The van der Waals surface area contributed by atoms with Crippen molar-refractivity contribution in [3.8, 4) is 6.07 Å². The summed E-state index contributed by atoms with van der Waals surface area (Å²) >= 11 is 5.66. The van der Waals surface area contributed by atoms with Crippen molar-refractivity contribution < 1.29 is 28.6 Å². The molecule has 0 saturated carbocycles. The number of hydrogen-bond acceptors (Lipinski definition) is 8. The van der Waals surface area contributed by atoms with Crippen molar-refractivity contribution in [1.29, 1.82) is 5.26 Å². The second-order valence-electron chi connectivity index (χ2n) is 7.45. The molecule has 164 valence electrons. The third-order valence-electron chi connectivity index (χ3n) is 3.43. The lowest BCUT2D eigenvalue weighted by atomic mass is 10.1. The van der Waals surface area contributed by atoms with Gasteiger partial charge >= 0.3 is 18.0 Å². The van der Waals surface area contributed by atoms with Gasteiger partial charge in [0.1, 0.15) is 5.60 Å². The lowest BCUT2D eigenvalue weighted by molar-refractivity contribution is -0.166. The number of amides is 1. The summed E-state index contributed by atoms with van der Waals surface area (Å²) in [6.07, 6.45) is -1.91. The summed E-state index contributed by atoms with van der Waals surface area (Å²) in [6.45, 7) is 7.69. The van der Waals surface area contributed by atoms with Crippen LogP contribution in [-0.4, -0.2) is 47.7 Å². The third-order valence-corrected chi connectivity index (χ3v) is 3.52. The van der Waals surface area contributed by atoms with E-state index in [1.54, 1.807) is 27.8 Å². The fourth-order valence-electron chi connectivity index (χ4n) is 2.44. The van der Waals surface area contributed by atoms with Crippen LogP contribution in [0, 0.1) is 11.3 Å². The Labute approximate surface area is 180 Å². The molecule has 0 aliphatic carbocycles. The number of anilines is 1. The first-order chi connectivity index (χ1) is 13.8. The largest absolute Gasteiger partial charge is 0.459 e. The van der Waals surface area contributed by atoms with Gasteiger partial charge in [0.2, 0.25) is 0 Å². The molecule has 0 fully saturated rings. The molecule has 1 rings (SSSR count). The van der Waals surface area contributed by atoms with Crippen LogP contribution in [-0.2, 0) is 23.8 Å². The number of nitriles is 1. The Morgan fingerprint density at radius 3 is 2.40 bits per heavy atom. The van der Waals surface area contributed by atoms with Crippen molar-refractivity contribution in [2.24, 2.45) is 0 Å². The summed E-state index contributed by atoms with van der Waals surface area (Å²) in [5, 5.41) is 11.7. The number of alkyl halides is 1. The quantitative estimate of drug-likeness (QED) is 0.296. The molecule has 1 amide bonds. The van der Waals surface area contributed by atoms with Crippen LogP contribution in [0.25, 0.3) is 0 Å². The van der Waals surface area contributed by atoms with E-state index in [0.717, 1.165) is 0 Å². The summed E-state index contributed by atoms with van der Waals surface area (Å²) in [5.74, 6) is -1.14. The molecular formula is C20H26ClN3O6. The summed E-state index contributed by atoms with van der Waals surface area (Å²) in [7, 11) is 1.55. The zero-order chi connectivity index (χ0) is 23.1. The molecule has 9 nitrogen and oxygen atoms in total. The first-order valence-corrected chi connectivity index (χ1v) is 9.51. The number of rotatable bonds is 7. The van der Waals surface area contributed by atoms with Crippen molar-refractivity contribution in [2.45, 2.75) is 52.0 Å². The molecule has 0 saturated heterocycles. The van der Waals surface area contributed by atoms with Gasteiger partial charge in [-0.2, -0.15) is 5.26 Å². The van der Waals surface area contributed by atoms with Crippen molar-refractivity contribution in [1.82, 2.24) is 4.90 Å². The minimum absolute atomic E-state index is 0.165. The van der Waals surface area contributed by atoms with E-state index in [1.165, 1.54) is 36.9 Å². The number of likely N-dealkylation sites (N-methyl/N-ethyl adjacent to an activating group) is 1. The molecule has 0 radical (unpaired) electrons. The molecule has 1 aromatic carbocycles. The molecular weight excluding hydrogens is 414 g/mol. The zero-order valence-electron chi connectivity index (χ0n) is 17.8. The van der Waals surface area contributed by atoms with E-state index in [2.05, 4.69) is 5.32 Å². The summed E-state index contributed by atoms with van der Waals surface area (Å²) < 4.78 is 15.6. The Bertz CT molecular complexity index is 829. The van der Waals surface area contributed by atoms with Crippen molar-refractivity contribution in [3.63, 3.8) is 0 Å². The lowest BCUT2D eigenvalue weighted by Gasteiger charge is -2.29. The Morgan fingerprint density at radius 1 is 1.27 bits per heavy atom. The van der Waals surface area contributed by atoms with E-state index in [0.29, 0.717) is 5.56 Å². The Morgan fingerprint density at radius 2 is 1.90 bits per heavy atom. The molecule has 0 aromatic heterocycles. The van der Waals surface area contributed by atoms with Crippen LogP contribution >= 0.6 is 11.6 Å². The van der Waals surface area contributed by atoms with Crippen LogP contribution in [0.4, 0.5) is 10.5 Å². The summed E-state index contributed by atoms with van der Waals surface area (Å²) in [5.41, 5.74) is -0.818. The van der Waals surface area contributed by atoms with Gasteiger partial charge in [-0.1, -0.05) is 17.7 Å². The van der Waals surface area contributed by atoms with Gasteiger partial charge in [-0.3, -0.25) is 19.8 Å². The fourth-order valence-corrected chi connectivity index (χ4v) is 2.53. The second-order valence-corrected chi connectivity index (χ2v) is 8.07. The van der Waals surface area contributed by atoms with Crippen molar-refractivity contribution in [2.75, 3.05) is 18.9 Å². The molecule has 0 heterocycles. The number of halogens is 1. The van der Waals surface area contributed by atoms with E-state index in [9.17, 15) is 19.6 Å². The van der Waals surface area contributed by atoms with Gasteiger partial charge in [-0.15, -0.1) is 0 Å². The fraction of sp³-hybridized carbons (Fsp3) is 0.500. The first kappa shape index (κ1) is 25.2. The molecule has 2 atom stereocenters. The van der Waals surface area contributed by atoms with Crippen LogP contribution in [0.15, 0.2) is 18.2 Å². The van der Waals surface area contributed by atoms with Gasteiger partial charge in [0, 0.05) is 12.5 Å². The number of nitrogens with zero attached hydrogens (tertiary/aromatic N) is 2. The van der Waals surface area contributed by atoms with Crippen LogP contribution < -0.4 is 5.32 Å². The zero-order valence-corrected chi connectivity index (χ0v) is 18.6. The highest BCUT2D eigenvalue weighted by atomic mass is 35.5. The lowest BCUT2D eigenvalue weighted by Crippen LogP contribution is -2.36. The topological polar surface area (TPSA) is 118 Å². The highest BCUT2D eigenvalue weighted by Gasteiger charge is 2.28. The highest BCUT2D eigenvalue weighted by Crippen LogP contribution is 2.30. The van der Waals surface area contributed by atoms with E-state index in [-0.39, 0.29) is 17.8 Å². The van der Waals surface area contributed by atoms with E-state index in [1.807, 2.05) is 6.07 Å². The molecule has 2 unspecified atom stereocenters. The van der Waals surface area contributed by atoms with E-state index in [4.69, 9.17) is 25.8 Å². The van der Waals surface area contributed by atoms with Crippen LogP contribution in [0.1, 0.15) is 52.0 Å². The number of benzene rings is 1. The van der Waals surface area contributed by atoms with E-state index < -0.39 is 35.4 Å². The maximum Gasteiger partial charge on any atom is 0.413 e. The standard InChI is InChI=1S/C20H26ClN3O6/c1-12(21)28-19(27)23-16-9-14(10-22)7-8-15(16)18(29-13(2)25)24(6)11-17(26)30-20(3,4)5/h7-9,12,18H,11H2,1-6H3,(H,23,27). The Hall–Kier alpha value is -2.83. The maximum absolute atomic E-state index is 12.2. The first-order valence-electron chi connectivity index (χ1n) is 9.07. The smallest absolute Gasteiger partial charge is 0.413 e. The molecule has 1 aromatic rings. The molecule has 30 heavy (non-hydrogen) atoms. The normalized spacial score (nSPS) is 13.0. The number of hydrogen-bond donors (Lipinski definition) is 1. The van der Waals surface area contributed by atoms with Crippen LogP contribution in [0.2, 0.25) is 0 Å². The second kappa shape index (κ2) is 10.8. The number of ether oxygens (including phenoxy) is 3. The van der Waals surface area contributed by atoms with E-state index >= 15 is 0 Å². The van der Waals surface area contributed by atoms with Gasteiger partial charge in [0.25, 0.3) is 0 Å². The highest BCUT2D eigenvalue weighted by molar-refractivity contribution is 6.20. The molecule has 1 N–H and O–H groups in total. The molecule has 0 aliphatic rings. The van der Waals surface area contributed by atoms with Gasteiger partial charge < -0.3 is 14.2 Å². The van der Waals surface area contributed by atoms with Crippen LogP contribution in [0.5, 0.6) is 0 Å². The molecule has 0 spiro atoms. The minimum atomic E-state index is -1.05. The van der Waals surface area contributed by atoms with Crippen LogP contribution in [0.3, 0.4) is 0 Å². The number of esters is 2. The molecule has 0 aliphatic heterocycles. The average molecular weight is 440 g/mol. The van der Waals surface area contributed by atoms with Gasteiger partial charge in [-0.05, 0) is 46.9 Å². The monoisotopic (exact) mass is 439 g/mol. The SMILES string of the molecule is CC(=O)OC(c1ccc(C#N)cc1NC(=O)OC(C)Cl)N(C)CC(=O)OC(C)(C)C. The minimum Gasteiger partial charge on any atom is -0.459 e. The number of nitrogens with one attached hydrogen (secondary N) is 1. The summed E-state index contributed by atoms with van der Waals surface area (Å²) in [4.78, 5) is 37.4. The third kappa shape index (κ3) is 8.68. The van der Waals surface area contributed by atoms with Gasteiger partial charge in [0.05, 0.1) is 23.9 Å². The van der Waals surface area contributed by atoms with Crippen molar-refractivity contribution >= 4 is 35.3 Å². The molecule has 10 heteroatoms. The Balaban J connectivity index is 3.26. The predicted molar refractivity (Wildman–Crippen MR) is 110 cm³/mol. The Kier molecular flexibility index (Phi) is 9.08. The maximum atomic E-state index is 12.2. The van der Waals surface area contributed by atoms with Crippen molar-refractivity contribution in [3.05, 3.63) is 29.3 Å².